The number of benzene rings is 3. The Balaban J connectivity index is 1.97. The Morgan fingerprint density at radius 3 is 1.72 bits per heavy atom. The fourth-order valence-corrected chi connectivity index (χ4v) is 3.07. The number of nitro benzene ring substituents is 2. The summed E-state index contributed by atoms with van der Waals surface area (Å²) in [6.07, 6.45) is 2.83. The fraction of sp³-hybridized carbons (Fsp3) is 0.0400. The second-order valence-corrected chi connectivity index (χ2v) is 7.18. The molecular formula is C25H20N4O7. The lowest BCUT2D eigenvalue weighted by Crippen LogP contribution is -2.26. The van der Waals surface area contributed by atoms with Crippen LogP contribution in [-0.4, -0.2) is 28.3 Å². The van der Waals surface area contributed by atoms with Gasteiger partial charge in [-0.1, -0.05) is 49.1 Å². The first-order chi connectivity index (χ1) is 17.3. The molecule has 0 saturated heterocycles. The fourth-order valence-electron chi connectivity index (χ4n) is 3.07. The lowest BCUT2D eigenvalue weighted by atomic mass is 10.1. The first-order valence-electron chi connectivity index (χ1n) is 10.4. The number of ether oxygens (including phenoxy) is 1. The first-order valence-corrected chi connectivity index (χ1v) is 10.4. The second-order valence-electron chi connectivity index (χ2n) is 7.18. The second kappa shape index (κ2) is 11.7. The number of carbonyl (C=O) groups excluding carboxylic acids is 2. The Kier molecular flexibility index (Phi) is 8.22. The molecule has 0 saturated carbocycles. The third kappa shape index (κ3) is 6.38. The topological polar surface area (TPSA) is 154 Å². The molecule has 3 rings (SSSR count). The number of hydrogen-bond acceptors (Lipinski definition) is 7. The molecule has 182 valence electrons. The van der Waals surface area contributed by atoms with Crippen molar-refractivity contribution >= 4 is 40.6 Å². The molecule has 3 aromatic carbocycles. The largest absolute Gasteiger partial charge is 0.490 e. The quantitative estimate of drug-likeness (QED) is 0.104. The Morgan fingerprint density at radius 2 is 1.28 bits per heavy atom. The predicted octanol–water partition coefficient (Wildman–Crippen LogP) is 4.73. The minimum absolute atomic E-state index is 0.120. The van der Waals surface area contributed by atoms with E-state index in [4.69, 9.17) is 4.74 Å². The molecule has 0 aliphatic rings. The third-order valence-corrected chi connectivity index (χ3v) is 4.75. The van der Waals surface area contributed by atoms with Crippen molar-refractivity contribution in [3.63, 3.8) is 0 Å². The minimum Gasteiger partial charge on any atom is -0.490 e. The molecule has 0 bridgehead atoms. The van der Waals surface area contributed by atoms with Crippen molar-refractivity contribution in [2.45, 2.75) is 0 Å². The summed E-state index contributed by atoms with van der Waals surface area (Å²) in [5.74, 6) is -1.37. The third-order valence-electron chi connectivity index (χ3n) is 4.75. The maximum atomic E-state index is 13.1. The van der Waals surface area contributed by atoms with Crippen LogP contribution in [0, 0.1) is 20.2 Å². The van der Waals surface area contributed by atoms with Crippen molar-refractivity contribution in [3.05, 3.63) is 117 Å². The number of para-hydroxylation sites is 4. The molecule has 11 nitrogen and oxygen atoms in total. The number of nitrogens with zero attached hydrogens (tertiary/aromatic N) is 2. The molecule has 0 heterocycles. The maximum absolute atomic E-state index is 13.1. The van der Waals surface area contributed by atoms with Gasteiger partial charge in [-0.25, -0.2) is 0 Å². The van der Waals surface area contributed by atoms with E-state index in [0.29, 0.717) is 11.3 Å². The van der Waals surface area contributed by atoms with Crippen LogP contribution in [0.4, 0.5) is 22.7 Å². The van der Waals surface area contributed by atoms with E-state index in [-0.39, 0.29) is 29.4 Å². The molecule has 0 fully saturated rings. The molecule has 2 amide bonds. The van der Waals surface area contributed by atoms with Crippen molar-refractivity contribution in [1.29, 1.82) is 0 Å². The van der Waals surface area contributed by atoms with Crippen LogP contribution >= 0.6 is 0 Å². The lowest BCUT2D eigenvalue weighted by molar-refractivity contribution is -0.384. The van der Waals surface area contributed by atoms with Crippen molar-refractivity contribution in [1.82, 2.24) is 0 Å². The standard InChI is InChI=1S/C25H20N4O7/c1-2-15-36-18-13-11-17(12-14-18)16-19(24(30)26-20-7-3-5-9-22(20)28(32)33)25(31)27-21-8-4-6-10-23(21)29(34)35/h2-14,16H,1,15H2,(H,26,30)(H,27,31). The van der Waals surface area contributed by atoms with Gasteiger partial charge in [-0.05, 0) is 35.9 Å². The van der Waals surface area contributed by atoms with E-state index in [2.05, 4.69) is 17.2 Å². The van der Waals surface area contributed by atoms with Crippen LogP contribution in [0.15, 0.2) is 91.0 Å². The van der Waals surface area contributed by atoms with Gasteiger partial charge < -0.3 is 15.4 Å². The normalized spacial score (nSPS) is 10.0. The van der Waals surface area contributed by atoms with Crippen molar-refractivity contribution in [3.8, 4) is 5.75 Å². The zero-order valence-corrected chi connectivity index (χ0v) is 18.7. The average molecular weight is 488 g/mol. The molecule has 11 heteroatoms. The van der Waals surface area contributed by atoms with Crippen LogP contribution in [0.25, 0.3) is 6.08 Å². The highest BCUT2D eigenvalue weighted by molar-refractivity contribution is 6.29. The summed E-state index contributed by atoms with van der Waals surface area (Å²) in [5, 5.41) is 27.4. The van der Waals surface area contributed by atoms with Crippen LogP contribution in [0.1, 0.15) is 5.56 Å². The molecule has 2 N–H and O–H groups in total. The summed E-state index contributed by atoms with van der Waals surface area (Å²) in [4.78, 5) is 47.5. The van der Waals surface area contributed by atoms with E-state index in [1.165, 1.54) is 54.6 Å². The molecule has 3 aromatic rings. The van der Waals surface area contributed by atoms with Gasteiger partial charge >= 0.3 is 0 Å². The van der Waals surface area contributed by atoms with Gasteiger partial charge in [-0.3, -0.25) is 29.8 Å². The molecule has 0 unspecified atom stereocenters. The van der Waals surface area contributed by atoms with E-state index in [0.717, 1.165) is 0 Å². The van der Waals surface area contributed by atoms with Crippen LogP contribution in [0.5, 0.6) is 5.75 Å². The number of rotatable bonds is 10. The van der Waals surface area contributed by atoms with E-state index in [1.54, 1.807) is 30.3 Å². The van der Waals surface area contributed by atoms with Gasteiger partial charge in [0.15, 0.2) is 0 Å². The average Bonchev–Trinajstić information content (AvgIpc) is 2.87. The Morgan fingerprint density at radius 1 is 0.806 bits per heavy atom. The Bertz CT molecular complexity index is 1280. The summed E-state index contributed by atoms with van der Waals surface area (Å²) in [5.41, 5.74) is -0.978. The highest BCUT2D eigenvalue weighted by atomic mass is 16.6. The SMILES string of the molecule is C=CCOc1ccc(C=C(C(=O)Nc2ccccc2[N+](=O)[O-])C(=O)Nc2ccccc2[N+](=O)[O-])cc1. The van der Waals surface area contributed by atoms with Gasteiger partial charge in [0.2, 0.25) is 0 Å². The zero-order valence-electron chi connectivity index (χ0n) is 18.7. The Hall–Kier alpha value is -5.32. The molecule has 0 atom stereocenters. The molecule has 0 spiro atoms. The number of amides is 2. The van der Waals surface area contributed by atoms with Gasteiger partial charge in [0.25, 0.3) is 23.2 Å². The lowest BCUT2D eigenvalue weighted by Gasteiger charge is -2.11. The number of nitro groups is 2. The maximum Gasteiger partial charge on any atom is 0.292 e. The van der Waals surface area contributed by atoms with Crippen molar-refractivity contribution in [2.75, 3.05) is 17.2 Å². The van der Waals surface area contributed by atoms with E-state index < -0.39 is 27.2 Å². The van der Waals surface area contributed by atoms with Crippen molar-refractivity contribution < 1.29 is 24.2 Å². The van der Waals surface area contributed by atoms with Gasteiger partial charge in [-0.15, -0.1) is 0 Å². The summed E-state index contributed by atoms with van der Waals surface area (Å²) in [6, 6.07) is 17.3. The first kappa shape index (κ1) is 25.3. The van der Waals surface area contributed by atoms with Gasteiger partial charge in [0.1, 0.15) is 29.3 Å². The van der Waals surface area contributed by atoms with Crippen LogP contribution < -0.4 is 15.4 Å². The van der Waals surface area contributed by atoms with Gasteiger partial charge in [0, 0.05) is 12.1 Å². The highest BCUT2D eigenvalue weighted by Gasteiger charge is 2.24. The summed E-state index contributed by atoms with van der Waals surface area (Å²) < 4.78 is 5.41. The summed E-state index contributed by atoms with van der Waals surface area (Å²) in [7, 11) is 0. The molecular weight excluding hydrogens is 468 g/mol. The number of anilines is 2. The van der Waals surface area contributed by atoms with Crippen LogP contribution in [-0.2, 0) is 9.59 Å². The predicted molar refractivity (Wildman–Crippen MR) is 134 cm³/mol. The van der Waals surface area contributed by atoms with Gasteiger partial charge in [-0.2, -0.15) is 0 Å². The number of nitrogens with one attached hydrogen (secondary N) is 2. The minimum atomic E-state index is -0.952. The van der Waals surface area contributed by atoms with Gasteiger partial charge in [0.05, 0.1) is 9.85 Å². The molecule has 36 heavy (non-hydrogen) atoms. The Labute approximate surface area is 205 Å². The molecule has 0 radical (unpaired) electrons. The highest BCUT2D eigenvalue weighted by Crippen LogP contribution is 2.26. The summed E-state index contributed by atoms with van der Waals surface area (Å²) >= 11 is 0. The van der Waals surface area contributed by atoms with E-state index in [9.17, 15) is 29.8 Å². The number of carbonyl (C=O) groups is 2. The van der Waals surface area contributed by atoms with E-state index >= 15 is 0 Å². The summed E-state index contributed by atoms with van der Waals surface area (Å²) in [6.45, 7) is 3.86. The number of hydrogen-bond donors (Lipinski definition) is 2. The smallest absolute Gasteiger partial charge is 0.292 e. The van der Waals surface area contributed by atoms with Crippen molar-refractivity contribution in [2.24, 2.45) is 0 Å². The van der Waals surface area contributed by atoms with E-state index in [1.807, 2.05) is 0 Å². The monoisotopic (exact) mass is 488 g/mol. The molecule has 0 aliphatic carbocycles. The zero-order chi connectivity index (χ0) is 26.1. The molecule has 0 aromatic heterocycles. The van der Waals surface area contributed by atoms with Crippen LogP contribution in [0.3, 0.4) is 0 Å². The molecule has 0 aliphatic heterocycles. The van der Waals surface area contributed by atoms with Crippen LogP contribution in [0.2, 0.25) is 0 Å².